The fourth-order valence-corrected chi connectivity index (χ4v) is 2.25. The Balaban J connectivity index is 3.19. The molecule has 0 spiro atoms. The van der Waals surface area contributed by atoms with Gasteiger partial charge in [-0.25, -0.2) is 0 Å². The van der Waals surface area contributed by atoms with Crippen LogP contribution < -0.4 is 4.74 Å². The molecule has 0 aliphatic heterocycles. The fourth-order valence-electron chi connectivity index (χ4n) is 2.25. The maximum atomic E-state index is 10.6. The summed E-state index contributed by atoms with van der Waals surface area (Å²) in [7, 11) is 0. The number of phenolic OH excluding ortho intramolecular Hbond substituents is 1. The van der Waals surface area contributed by atoms with Gasteiger partial charge in [-0.3, -0.25) is 0 Å². The monoisotopic (exact) mass is 308 g/mol. The second-order valence-electron chi connectivity index (χ2n) is 8.78. The van der Waals surface area contributed by atoms with E-state index in [0.717, 1.165) is 16.9 Å². The molecule has 0 saturated carbocycles. The summed E-state index contributed by atoms with van der Waals surface area (Å²) in [4.78, 5) is 0. The number of aromatic hydroxyl groups is 1. The number of aliphatic hydroxyl groups is 1. The Morgan fingerprint density at radius 3 is 1.59 bits per heavy atom. The first-order chi connectivity index (χ1) is 9.72. The summed E-state index contributed by atoms with van der Waals surface area (Å²) in [6.45, 7) is 16.5. The lowest BCUT2D eigenvalue weighted by molar-refractivity contribution is 0.0553. The minimum Gasteiger partial charge on any atom is -0.507 e. The summed E-state index contributed by atoms with van der Waals surface area (Å²) in [5.41, 5.74) is 0.701. The predicted molar refractivity (Wildman–Crippen MR) is 91.9 cm³/mol. The van der Waals surface area contributed by atoms with Crippen LogP contribution in [0.3, 0.4) is 0 Å². The van der Waals surface area contributed by atoms with E-state index in [4.69, 9.17) is 4.74 Å². The van der Waals surface area contributed by atoms with Gasteiger partial charge < -0.3 is 14.9 Å². The maximum Gasteiger partial charge on any atom is 0.123 e. The van der Waals surface area contributed by atoms with Crippen LogP contribution >= 0.6 is 0 Å². The first kappa shape index (κ1) is 18.8. The number of benzene rings is 1. The minimum absolute atomic E-state index is 0.167. The molecule has 0 aliphatic carbocycles. The first-order valence-corrected chi connectivity index (χ1v) is 7.95. The van der Waals surface area contributed by atoms with E-state index in [-0.39, 0.29) is 10.8 Å². The van der Waals surface area contributed by atoms with Crippen molar-refractivity contribution in [2.75, 3.05) is 6.61 Å². The lowest BCUT2D eigenvalue weighted by Crippen LogP contribution is -2.22. The van der Waals surface area contributed by atoms with Gasteiger partial charge >= 0.3 is 0 Å². The third-order valence-corrected chi connectivity index (χ3v) is 3.68. The van der Waals surface area contributed by atoms with Crippen LogP contribution in [0.25, 0.3) is 0 Å². The Morgan fingerprint density at radius 2 is 1.27 bits per heavy atom. The number of hydrogen-bond donors (Lipinski definition) is 2. The van der Waals surface area contributed by atoms with Gasteiger partial charge in [0.2, 0.25) is 0 Å². The average molecular weight is 308 g/mol. The van der Waals surface area contributed by atoms with Crippen LogP contribution in [0.4, 0.5) is 0 Å². The van der Waals surface area contributed by atoms with Crippen molar-refractivity contribution in [2.45, 2.75) is 78.2 Å². The smallest absolute Gasteiger partial charge is 0.123 e. The molecule has 0 atom stereocenters. The summed E-state index contributed by atoms with van der Waals surface area (Å²) in [5.74, 6) is 1.10. The van der Waals surface area contributed by atoms with Crippen molar-refractivity contribution in [1.29, 1.82) is 0 Å². The van der Waals surface area contributed by atoms with E-state index >= 15 is 0 Å². The molecule has 0 aromatic heterocycles. The van der Waals surface area contributed by atoms with Gasteiger partial charge in [0.1, 0.15) is 11.5 Å². The third kappa shape index (κ3) is 5.20. The molecule has 1 aromatic carbocycles. The van der Waals surface area contributed by atoms with Crippen LogP contribution in [0.15, 0.2) is 12.1 Å². The molecule has 3 heteroatoms. The highest BCUT2D eigenvalue weighted by Gasteiger charge is 2.27. The molecule has 1 rings (SSSR count). The van der Waals surface area contributed by atoms with E-state index in [2.05, 4.69) is 41.5 Å². The van der Waals surface area contributed by atoms with Crippen molar-refractivity contribution < 1.29 is 14.9 Å². The number of phenols is 1. The van der Waals surface area contributed by atoms with Crippen molar-refractivity contribution in [3.63, 3.8) is 0 Å². The molecule has 0 saturated heterocycles. The SMILES string of the molecule is CC(C)(O)CCOc1cc(C(C)(C)C)c(O)c(C(C)(C)C)c1. The van der Waals surface area contributed by atoms with Crippen LogP contribution in [-0.4, -0.2) is 22.4 Å². The number of hydrogen-bond acceptors (Lipinski definition) is 3. The lowest BCUT2D eigenvalue weighted by Gasteiger charge is -2.28. The van der Waals surface area contributed by atoms with Gasteiger partial charge in [0.05, 0.1) is 12.2 Å². The zero-order chi connectivity index (χ0) is 17.3. The van der Waals surface area contributed by atoms with E-state index in [9.17, 15) is 10.2 Å². The summed E-state index contributed by atoms with van der Waals surface area (Å²) < 4.78 is 5.84. The van der Waals surface area contributed by atoms with Crippen molar-refractivity contribution in [3.05, 3.63) is 23.3 Å². The molecule has 0 bridgehead atoms. The Labute approximate surface area is 135 Å². The molecule has 0 heterocycles. The molecule has 22 heavy (non-hydrogen) atoms. The molecule has 0 radical (unpaired) electrons. The highest BCUT2D eigenvalue weighted by molar-refractivity contribution is 5.51. The highest BCUT2D eigenvalue weighted by atomic mass is 16.5. The molecule has 0 unspecified atom stereocenters. The van der Waals surface area contributed by atoms with Crippen molar-refractivity contribution in [3.8, 4) is 11.5 Å². The Hall–Kier alpha value is -1.22. The molecule has 126 valence electrons. The van der Waals surface area contributed by atoms with E-state index < -0.39 is 5.60 Å². The molecule has 2 N–H and O–H groups in total. The Morgan fingerprint density at radius 1 is 0.864 bits per heavy atom. The second kappa shape index (κ2) is 6.11. The van der Waals surface area contributed by atoms with Gasteiger partial charge in [0.25, 0.3) is 0 Å². The average Bonchev–Trinajstić information content (AvgIpc) is 2.26. The molecule has 1 aromatic rings. The maximum absolute atomic E-state index is 10.6. The zero-order valence-electron chi connectivity index (χ0n) is 15.4. The van der Waals surface area contributed by atoms with Crippen molar-refractivity contribution in [2.24, 2.45) is 0 Å². The summed E-state index contributed by atoms with van der Waals surface area (Å²) in [5, 5.41) is 20.4. The first-order valence-electron chi connectivity index (χ1n) is 7.95. The van der Waals surface area contributed by atoms with Gasteiger partial charge in [-0.15, -0.1) is 0 Å². The largest absolute Gasteiger partial charge is 0.507 e. The number of rotatable bonds is 4. The molecular weight excluding hydrogens is 276 g/mol. The van der Waals surface area contributed by atoms with E-state index in [0.29, 0.717) is 18.8 Å². The predicted octanol–water partition coefficient (Wildman–Crippen LogP) is 4.53. The van der Waals surface area contributed by atoms with Crippen LogP contribution in [0.1, 0.15) is 72.9 Å². The highest BCUT2D eigenvalue weighted by Crippen LogP contribution is 2.41. The van der Waals surface area contributed by atoms with Gasteiger partial charge in [0.15, 0.2) is 0 Å². The normalized spacial score (nSPS) is 13.3. The van der Waals surface area contributed by atoms with E-state index in [1.807, 2.05) is 12.1 Å². The van der Waals surface area contributed by atoms with Gasteiger partial charge in [-0.05, 0) is 36.8 Å². The topological polar surface area (TPSA) is 49.7 Å². The summed E-state index contributed by atoms with van der Waals surface area (Å²) in [6, 6.07) is 3.82. The molecule has 0 aliphatic rings. The van der Waals surface area contributed by atoms with E-state index in [1.54, 1.807) is 13.8 Å². The standard InChI is InChI=1S/C19H32O3/c1-17(2,3)14-11-13(22-10-9-19(7,8)21)12-15(16(14)20)18(4,5)6/h11-12,20-21H,9-10H2,1-8H3. The van der Waals surface area contributed by atoms with Crippen LogP contribution in [0.2, 0.25) is 0 Å². The summed E-state index contributed by atoms with van der Waals surface area (Å²) in [6.07, 6.45) is 0.559. The molecule has 0 fully saturated rings. The Kier molecular flexibility index (Phi) is 5.23. The van der Waals surface area contributed by atoms with Gasteiger partial charge in [-0.2, -0.15) is 0 Å². The zero-order valence-corrected chi connectivity index (χ0v) is 15.4. The third-order valence-electron chi connectivity index (χ3n) is 3.68. The fraction of sp³-hybridized carbons (Fsp3) is 0.684. The Bertz CT molecular complexity index is 476. The van der Waals surface area contributed by atoms with Crippen molar-refractivity contribution >= 4 is 0 Å². The van der Waals surface area contributed by atoms with Crippen LogP contribution in [-0.2, 0) is 10.8 Å². The molecule has 0 amide bonds. The summed E-state index contributed by atoms with van der Waals surface area (Å²) >= 11 is 0. The lowest BCUT2D eigenvalue weighted by atomic mass is 9.79. The van der Waals surface area contributed by atoms with Gasteiger partial charge in [-0.1, -0.05) is 41.5 Å². The second-order valence-corrected chi connectivity index (χ2v) is 8.78. The van der Waals surface area contributed by atoms with Crippen molar-refractivity contribution in [1.82, 2.24) is 0 Å². The minimum atomic E-state index is -0.739. The molecule has 3 nitrogen and oxygen atoms in total. The quantitative estimate of drug-likeness (QED) is 0.859. The molecular formula is C19H32O3. The number of ether oxygens (including phenoxy) is 1. The van der Waals surface area contributed by atoms with Gasteiger partial charge in [0, 0.05) is 17.5 Å². The van der Waals surface area contributed by atoms with Crippen LogP contribution in [0, 0.1) is 0 Å². The van der Waals surface area contributed by atoms with Crippen LogP contribution in [0.5, 0.6) is 11.5 Å². The van der Waals surface area contributed by atoms with E-state index in [1.165, 1.54) is 0 Å².